The highest BCUT2D eigenvalue weighted by Crippen LogP contribution is 2.30. The van der Waals surface area contributed by atoms with E-state index in [0.717, 1.165) is 5.56 Å². The van der Waals surface area contributed by atoms with Crippen LogP contribution in [0.15, 0.2) is 75.6 Å². The van der Waals surface area contributed by atoms with Crippen LogP contribution in [-0.4, -0.2) is 14.3 Å². The molecule has 0 aliphatic heterocycles. The maximum Gasteiger partial charge on any atom is 0.339 e. The first-order chi connectivity index (χ1) is 15.6. The molecule has 0 atom stereocenters. The first-order valence-electron chi connectivity index (χ1n) is 9.28. The van der Waals surface area contributed by atoms with Crippen LogP contribution in [-0.2, 0) is 14.9 Å². The molecule has 0 unspecified atom stereocenters. The van der Waals surface area contributed by atoms with Gasteiger partial charge in [-0.3, -0.25) is 4.79 Å². The van der Waals surface area contributed by atoms with E-state index in [9.17, 15) is 18.5 Å². The van der Waals surface area contributed by atoms with Crippen LogP contribution >= 0.6 is 39.1 Å². The number of hydrogen-bond donors (Lipinski definition) is 1. The monoisotopic (exact) mass is 564 g/mol. The summed E-state index contributed by atoms with van der Waals surface area (Å²) in [6, 6.07) is 17.0. The van der Waals surface area contributed by atoms with Crippen molar-refractivity contribution in [3.63, 3.8) is 0 Å². The van der Waals surface area contributed by atoms with Gasteiger partial charge in [0.2, 0.25) is 0 Å². The van der Waals surface area contributed by atoms with Crippen molar-refractivity contribution in [1.29, 1.82) is 5.26 Å². The lowest BCUT2D eigenvalue weighted by atomic mass is 10.1. The van der Waals surface area contributed by atoms with E-state index >= 15 is 0 Å². The van der Waals surface area contributed by atoms with E-state index < -0.39 is 16.0 Å². The molecule has 3 aromatic rings. The Bertz CT molecular complexity index is 1400. The lowest BCUT2D eigenvalue weighted by molar-refractivity contribution is -0.112. The molecule has 0 spiro atoms. The summed E-state index contributed by atoms with van der Waals surface area (Å²) in [7, 11) is -4.15. The van der Waals surface area contributed by atoms with Crippen LogP contribution < -0.4 is 9.50 Å². The van der Waals surface area contributed by atoms with E-state index in [1.165, 1.54) is 42.5 Å². The number of hydrogen-bond acceptors (Lipinski definition) is 5. The van der Waals surface area contributed by atoms with Gasteiger partial charge in [-0.25, -0.2) is 0 Å². The highest BCUT2D eigenvalue weighted by molar-refractivity contribution is 9.10. The van der Waals surface area contributed by atoms with Gasteiger partial charge in [0.1, 0.15) is 22.3 Å². The Morgan fingerprint density at radius 3 is 2.45 bits per heavy atom. The first kappa shape index (κ1) is 24.8. The molecule has 0 aliphatic rings. The van der Waals surface area contributed by atoms with Crippen LogP contribution in [0.5, 0.6) is 5.75 Å². The third kappa shape index (κ3) is 6.36. The molecular formula is C23H15BrCl2N2O4S. The van der Waals surface area contributed by atoms with Crippen LogP contribution in [0.1, 0.15) is 11.1 Å². The van der Waals surface area contributed by atoms with Crippen molar-refractivity contribution in [2.24, 2.45) is 0 Å². The standard InChI is InChI=1S/C23H15BrCl2N2O4S/c1-14-2-6-19(7-3-14)33(30,31)32-22-9-4-17(24)11-15(22)10-16(13-27)23(29)28-21-12-18(25)5-8-20(21)26/h2-12H,1H3,(H,28,29)/b16-10-. The Kier molecular flexibility index (Phi) is 7.82. The highest BCUT2D eigenvalue weighted by Gasteiger charge is 2.19. The zero-order valence-electron chi connectivity index (χ0n) is 17.0. The fourth-order valence-corrected chi connectivity index (χ4v) is 4.34. The minimum atomic E-state index is -4.15. The van der Waals surface area contributed by atoms with Crippen LogP contribution in [0.2, 0.25) is 10.0 Å². The van der Waals surface area contributed by atoms with Crippen molar-refractivity contribution in [1.82, 2.24) is 0 Å². The number of rotatable bonds is 6. The Hall–Kier alpha value is -2.83. The minimum Gasteiger partial charge on any atom is -0.378 e. The molecule has 0 heterocycles. The normalized spacial score (nSPS) is 11.5. The number of aryl methyl sites for hydroxylation is 1. The number of nitrogens with zero attached hydrogens (tertiary/aromatic N) is 1. The summed E-state index contributed by atoms with van der Waals surface area (Å²) in [6.07, 6.45) is 1.22. The van der Waals surface area contributed by atoms with Crippen LogP contribution in [0.4, 0.5) is 5.69 Å². The van der Waals surface area contributed by atoms with E-state index in [4.69, 9.17) is 27.4 Å². The SMILES string of the molecule is Cc1ccc(S(=O)(=O)Oc2ccc(Br)cc2/C=C(/C#N)C(=O)Nc2cc(Cl)ccc2Cl)cc1. The molecule has 0 bridgehead atoms. The lowest BCUT2D eigenvalue weighted by Gasteiger charge is -2.11. The summed E-state index contributed by atoms with van der Waals surface area (Å²) in [5.41, 5.74) is 1.01. The van der Waals surface area contributed by atoms with Gasteiger partial charge in [-0.2, -0.15) is 13.7 Å². The predicted octanol–water partition coefficient (Wildman–Crippen LogP) is 6.38. The molecule has 1 amide bonds. The second-order valence-electron chi connectivity index (χ2n) is 6.78. The summed E-state index contributed by atoms with van der Waals surface area (Å²) in [6.45, 7) is 1.83. The number of anilines is 1. The fraction of sp³-hybridized carbons (Fsp3) is 0.0435. The number of benzene rings is 3. The van der Waals surface area contributed by atoms with Crippen molar-refractivity contribution in [2.75, 3.05) is 5.32 Å². The number of nitriles is 1. The van der Waals surface area contributed by atoms with Crippen LogP contribution in [0.25, 0.3) is 6.08 Å². The summed E-state index contributed by atoms with van der Waals surface area (Å²) in [5, 5.41) is 12.7. The van der Waals surface area contributed by atoms with Crippen molar-refractivity contribution in [2.45, 2.75) is 11.8 Å². The fourth-order valence-electron chi connectivity index (χ4n) is 2.67. The van der Waals surface area contributed by atoms with Gasteiger partial charge in [-0.1, -0.05) is 56.8 Å². The van der Waals surface area contributed by atoms with Crippen molar-refractivity contribution >= 4 is 66.9 Å². The first-order valence-corrected chi connectivity index (χ1v) is 12.2. The maximum absolute atomic E-state index is 12.7. The third-order valence-electron chi connectivity index (χ3n) is 4.32. The molecule has 0 saturated carbocycles. The predicted molar refractivity (Wildman–Crippen MR) is 132 cm³/mol. The van der Waals surface area contributed by atoms with Crippen molar-refractivity contribution in [3.8, 4) is 11.8 Å². The second kappa shape index (κ2) is 10.4. The average molecular weight is 566 g/mol. The molecule has 33 heavy (non-hydrogen) atoms. The van der Waals surface area contributed by atoms with E-state index in [0.29, 0.717) is 9.50 Å². The number of carbonyl (C=O) groups excluding carboxylic acids is 1. The molecule has 3 rings (SSSR count). The van der Waals surface area contributed by atoms with Gasteiger partial charge in [0.05, 0.1) is 10.7 Å². The molecule has 6 nitrogen and oxygen atoms in total. The zero-order chi connectivity index (χ0) is 24.2. The van der Waals surface area contributed by atoms with E-state index in [2.05, 4.69) is 21.2 Å². The van der Waals surface area contributed by atoms with Gasteiger partial charge < -0.3 is 9.50 Å². The van der Waals surface area contributed by atoms with E-state index in [1.54, 1.807) is 30.3 Å². The molecule has 0 fully saturated rings. The maximum atomic E-state index is 12.7. The molecular weight excluding hydrogens is 551 g/mol. The van der Waals surface area contributed by atoms with Gasteiger partial charge in [-0.15, -0.1) is 0 Å². The van der Waals surface area contributed by atoms with E-state index in [1.807, 2.05) is 6.92 Å². The lowest BCUT2D eigenvalue weighted by Crippen LogP contribution is -2.14. The molecule has 1 N–H and O–H groups in total. The summed E-state index contributed by atoms with van der Waals surface area (Å²) >= 11 is 15.3. The zero-order valence-corrected chi connectivity index (χ0v) is 20.9. The Balaban J connectivity index is 1.95. The highest BCUT2D eigenvalue weighted by atomic mass is 79.9. The van der Waals surface area contributed by atoms with Crippen molar-refractivity contribution < 1.29 is 17.4 Å². The Morgan fingerprint density at radius 2 is 1.79 bits per heavy atom. The molecule has 168 valence electrons. The summed E-state index contributed by atoms with van der Waals surface area (Å²) in [5.74, 6) is -0.811. The van der Waals surface area contributed by atoms with Gasteiger partial charge in [0, 0.05) is 15.1 Å². The Morgan fingerprint density at radius 1 is 1.09 bits per heavy atom. The smallest absolute Gasteiger partial charge is 0.339 e. The molecule has 10 heteroatoms. The number of carbonyl (C=O) groups is 1. The quantitative estimate of drug-likeness (QED) is 0.212. The largest absolute Gasteiger partial charge is 0.378 e. The Labute approximate surface area is 209 Å². The number of amides is 1. The topological polar surface area (TPSA) is 96.3 Å². The molecule has 3 aromatic carbocycles. The average Bonchev–Trinajstić information content (AvgIpc) is 2.76. The molecule has 0 aliphatic carbocycles. The summed E-state index contributed by atoms with van der Waals surface area (Å²) < 4.78 is 31.4. The third-order valence-corrected chi connectivity index (χ3v) is 6.63. The molecule has 0 saturated heterocycles. The number of halogens is 3. The summed E-state index contributed by atoms with van der Waals surface area (Å²) in [4.78, 5) is 12.6. The van der Waals surface area contributed by atoms with E-state index in [-0.39, 0.29) is 32.5 Å². The van der Waals surface area contributed by atoms with Crippen LogP contribution in [0, 0.1) is 18.3 Å². The van der Waals surface area contributed by atoms with Gasteiger partial charge in [0.15, 0.2) is 0 Å². The van der Waals surface area contributed by atoms with Gasteiger partial charge >= 0.3 is 10.1 Å². The number of nitrogens with one attached hydrogen (secondary N) is 1. The second-order valence-corrected chi connectivity index (χ2v) is 10.1. The molecule has 0 aromatic heterocycles. The van der Waals surface area contributed by atoms with Gasteiger partial charge in [0.25, 0.3) is 5.91 Å². The van der Waals surface area contributed by atoms with Gasteiger partial charge in [-0.05, 0) is 61.5 Å². The van der Waals surface area contributed by atoms with Crippen molar-refractivity contribution in [3.05, 3.63) is 91.9 Å². The van der Waals surface area contributed by atoms with Crippen LogP contribution in [0.3, 0.4) is 0 Å². The minimum absolute atomic E-state index is 0.0280. The molecule has 0 radical (unpaired) electrons.